The molecular weight excluding hydrogens is 248 g/mol. The summed E-state index contributed by atoms with van der Waals surface area (Å²) in [6.45, 7) is 5.46. The van der Waals surface area contributed by atoms with Crippen molar-refractivity contribution in [3.63, 3.8) is 0 Å². The number of halogens is 1. The summed E-state index contributed by atoms with van der Waals surface area (Å²) in [7, 11) is 0. The van der Waals surface area contributed by atoms with Crippen LogP contribution in [0.3, 0.4) is 0 Å². The maximum Gasteiger partial charge on any atom is 0.374 e. The predicted octanol–water partition coefficient (Wildman–Crippen LogP) is 3.13. The number of rotatable bonds is 2. The lowest BCUT2D eigenvalue weighted by molar-refractivity contribution is 0.00347. The van der Waals surface area contributed by atoms with Gasteiger partial charge >= 0.3 is 5.97 Å². The van der Waals surface area contributed by atoms with Crippen LogP contribution in [-0.4, -0.2) is 11.6 Å². The number of furan rings is 1. The molecule has 14 heavy (non-hydrogen) atoms. The highest BCUT2D eigenvalue weighted by atomic mass is 79.9. The van der Waals surface area contributed by atoms with E-state index < -0.39 is 11.6 Å². The molecule has 3 nitrogen and oxygen atoms in total. The van der Waals surface area contributed by atoms with Crippen LogP contribution < -0.4 is 0 Å². The lowest BCUT2D eigenvalue weighted by Crippen LogP contribution is -2.23. The molecule has 4 heteroatoms. The van der Waals surface area contributed by atoms with E-state index >= 15 is 0 Å². The minimum Gasteiger partial charge on any atom is -0.454 e. The van der Waals surface area contributed by atoms with E-state index in [1.165, 1.54) is 0 Å². The van der Waals surface area contributed by atoms with Crippen molar-refractivity contribution in [3.05, 3.63) is 23.7 Å². The van der Waals surface area contributed by atoms with Gasteiger partial charge in [-0.05, 0) is 32.9 Å². The Morgan fingerprint density at radius 3 is 2.57 bits per heavy atom. The molecule has 1 aromatic heterocycles. The van der Waals surface area contributed by atoms with E-state index in [0.29, 0.717) is 11.1 Å². The van der Waals surface area contributed by atoms with Gasteiger partial charge in [0, 0.05) is 0 Å². The van der Waals surface area contributed by atoms with Gasteiger partial charge in [0.2, 0.25) is 5.76 Å². The van der Waals surface area contributed by atoms with Gasteiger partial charge in [-0.1, -0.05) is 15.9 Å². The van der Waals surface area contributed by atoms with Crippen molar-refractivity contribution < 1.29 is 13.9 Å². The van der Waals surface area contributed by atoms with Crippen molar-refractivity contribution in [2.24, 2.45) is 0 Å². The molecule has 0 spiro atoms. The van der Waals surface area contributed by atoms with Crippen LogP contribution in [0.5, 0.6) is 0 Å². The second-order valence-corrected chi connectivity index (χ2v) is 4.46. The van der Waals surface area contributed by atoms with E-state index in [0.717, 1.165) is 0 Å². The Kier molecular flexibility index (Phi) is 3.37. The first kappa shape index (κ1) is 11.3. The first-order chi connectivity index (χ1) is 6.42. The predicted molar refractivity (Wildman–Crippen MR) is 56.5 cm³/mol. The first-order valence-electron chi connectivity index (χ1n) is 4.30. The van der Waals surface area contributed by atoms with Crippen LogP contribution in [0.2, 0.25) is 0 Å². The molecule has 0 atom stereocenters. The number of carbonyl (C=O) groups excluding carboxylic acids is 1. The summed E-state index contributed by atoms with van der Waals surface area (Å²) in [6, 6.07) is 3.36. The third-order valence-electron chi connectivity index (χ3n) is 1.39. The molecule has 0 aromatic carbocycles. The minimum atomic E-state index is -0.488. The van der Waals surface area contributed by atoms with Gasteiger partial charge in [0.25, 0.3) is 0 Å². The molecule has 0 aliphatic rings. The lowest BCUT2D eigenvalue weighted by Gasteiger charge is -2.18. The normalized spacial score (nSPS) is 11.4. The standard InChI is InChI=1S/C10H13BrO3/c1-10(2,3)14-9(12)8-5-4-7(6-11)13-8/h4-5H,6H2,1-3H3. The summed E-state index contributed by atoms with van der Waals surface area (Å²) in [5, 5.41) is 0.593. The fourth-order valence-corrected chi connectivity index (χ4v) is 1.19. The largest absolute Gasteiger partial charge is 0.454 e. The minimum absolute atomic E-state index is 0.245. The average molecular weight is 261 g/mol. The number of ether oxygens (including phenoxy) is 1. The molecule has 0 saturated carbocycles. The molecule has 0 N–H and O–H groups in total. The van der Waals surface area contributed by atoms with Gasteiger partial charge in [-0.15, -0.1) is 0 Å². The average Bonchev–Trinajstić information content (AvgIpc) is 2.48. The third-order valence-corrected chi connectivity index (χ3v) is 1.95. The lowest BCUT2D eigenvalue weighted by atomic mass is 10.2. The number of alkyl halides is 1. The van der Waals surface area contributed by atoms with Crippen LogP contribution in [0, 0.1) is 0 Å². The quantitative estimate of drug-likeness (QED) is 0.606. The number of hydrogen-bond donors (Lipinski definition) is 0. The summed E-state index contributed by atoms with van der Waals surface area (Å²) in [5.41, 5.74) is -0.488. The molecule has 0 amide bonds. The van der Waals surface area contributed by atoms with Crippen LogP contribution in [0.25, 0.3) is 0 Å². The molecule has 1 rings (SSSR count). The maximum absolute atomic E-state index is 11.5. The first-order valence-corrected chi connectivity index (χ1v) is 5.42. The van der Waals surface area contributed by atoms with Crippen molar-refractivity contribution in [2.45, 2.75) is 31.7 Å². The molecule has 0 radical (unpaired) electrons. The van der Waals surface area contributed by atoms with E-state index in [9.17, 15) is 4.79 Å². The Morgan fingerprint density at radius 1 is 1.50 bits per heavy atom. The van der Waals surface area contributed by atoms with Crippen LogP contribution in [-0.2, 0) is 10.1 Å². The van der Waals surface area contributed by atoms with Crippen molar-refractivity contribution in [2.75, 3.05) is 0 Å². The Bertz CT molecular complexity index is 322. The monoisotopic (exact) mass is 260 g/mol. The van der Waals surface area contributed by atoms with Crippen LogP contribution in [0.15, 0.2) is 16.5 Å². The van der Waals surface area contributed by atoms with Gasteiger partial charge < -0.3 is 9.15 Å². The molecule has 1 aromatic rings. The highest BCUT2D eigenvalue weighted by Crippen LogP contribution is 2.15. The molecule has 0 aliphatic heterocycles. The molecule has 0 saturated heterocycles. The Morgan fingerprint density at radius 2 is 2.14 bits per heavy atom. The Labute approximate surface area is 91.6 Å². The number of hydrogen-bond acceptors (Lipinski definition) is 3. The molecule has 78 valence electrons. The summed E-state index contributed by atoms with van der Waals surface area (Å²) in [5.74, 6) is 0.532. The van der Waals surface area contributed by atoms with Crippen molar-refractivity contribution >= 4 is 21.9 Å². The fraction of sp³-hybridized carbons (Fsp3) is 0.500. The molecule has 0 bridgehead atoms. The molecule has 0 aliphatic carbocycles. The van der Waals surface area contributed by atoms with Gasteiger partial charge in [0.15, 0.2) is 0 Å². The highest BCUT2D eigenvalue weighted by molar-refractivity contribution is 9.08. The van der Waals surface area contributed by atoms with E-state index in [1.54, 1.807) is 12.1 Å². The number of esters is 1. The van der Waals surface area contributed by atoms with Crippen LogP contribution in [0.1, 0.15) is 37.1 Å². The summed E-state index contributed by atoms with van der Waals surface area (Å²) < 4.78 is 10.4. The summed E-state index contributed by atoms with van der Waals surface area (Å²) in [6.07, 6.45) is 0. The van der Waals surface area contributed by atoms with E-state index in [2.05, 4.69) is 15.9 Å². The number of carbonyl (C=O) groups is 1. The van der Waals surface area contributed by atoms with E-state index in [4.69, 9.17) is 9.15 Å². The second kappa shape index (κ2) is 4.17. The van der Waals surface area contributed by atoms with Gasteiger partial charge in [-0.2, -0.15) is 0 Å². The zero-order valence-electron chi connectivity index (χ0n) is 8.46. The van der Waals surface area contributed by atoms with Crippen molar-refractivity contribution in [3.8, 4) is 0 Å². The van der Waals surface area contributed by atoms with Crippen LogP contribution in [0.4, 0.5) is 0 Å². The topological polar surface area (TPSA) is 39.4 Å². The van der Waals surface area contributed by atoms with Crippen molar-refractivity contribution in [1.82, 2.24) is 0 Å². The Hall–Kier alpha value is -0.770. The van der Waals surface area contributed by atoms with Crippen LogP contribution >= 0.6 is 15.9 Å². The van der Waals surface area contributed by atoms with E-state index in [1.807, 2.05) is 20.8 Å². The van der Waals surface area contributed by atoms with Crippen molar-refractivity contribution in [1.29, 1.82) is 0 Å². The second-order valence-electron chi connectivity index (χ2n) is 3.90. The fourth-order valence-electron chi connectivity index (χ4n) is 0.888. The van der Waals surface area contributed by atoms with Gasteiger partial charge in [0.1, 0.15) is 11.4 Å². The van der Waals surface area contributed by atoms with Gasteiger partial charge in [-0.3, -0.25) is 0 Å². The smallest absolute Gasteiger partial charge is 0.374 e. The van der Waals surface area contributed by atoms with Gasteiger partial charge in [-0.25, -0.2) is 4.79 Å². The molecule has 0 unspecified atom stereocenters. The summed E-state index contributed by atoms with van der Waals surface area (Å²) in [4.78, 5) is 11.5. The Balaban J connectivity index is 2.70. The molecular formula is C10H13BrO3. The van der Waals surface area contributed by atoms with Gasteiger partial charge in [0.05, 0.1) is 5.33 Å². The molecule has 0 fully saturated rings. The highest BCUT2D eigenvalue weighted by Gasteiger charge is 2.20. The zero-order valence-corrected chi connectivity index (χ0v) is 10.1. The molecule has 1 heterocycles. The van der Waals surface area contributed by atoms with E-state index in [-0.39, 0.29) is 5.76 Å². The third kappa shape index (κ3) is 3.18. The zero-order chi connectivity index (χ0) is 10.8. The maximum atomic E-state index is 11.5. The summed E-state index contributed by atoms with van der Waals surface area (Å²) >= 11 is 3.24. The SMILES string of the molecule is CC(C)(C)OC(=O)c1ccc(CBr)o1.